The molecule has 1 rings (SSSR count). The molecule has 2 nitrogen and oxygen atoms in total. The van der Waals surface area contributed by atoms with E-state index < -0.39 is 0 Å². The highest BCUT2D eigenvalue weighted by Crippen LogP contribution is 2.27. The van der Waals surface area contributed by atoms with Crippen molar-refractivity contribution in [1.29, 1.82) is 0 Å². The number of rotatable bonds is 5. The molecule has 0 aromatic carbocycles. The van der Waals surface area contributed by atoms with E-state index in [1.54, 1.807) is 0 Å². The molecule has 1 saturated heterocycles. The summed E-state index contributed by atoms with van der Waals surface area (Å²) in [5, 5.41) is 0. The number of hydrogen-bond donors (Lipinski definition) is 0. The van der Waals surface area contributed by atoms with Crippen molar-refractivity contribution in [3.05, 3.63) is 12.7 Å². The molecule has 0 amide bonds. The largest absolute Gasteiger partial charge is 0.373 e. The zero-order valence-corrected chi connectivity index (χ0v) is 10.6. The van der Waals surface area contributed by atoms with Crippen LogP contribution in [-0.4, -0.2) is 36.2 Å². The van der Waals surface area contributed by atoms with Crippen LogP contribution < -0.4 is 0 Å². The van der Waals surface area contributed by atoms with Gasteiger partial charge in [-0.25, -0.2) is 0 Å². The molecular formula is C13H25NO. The SMILES string of the molecule is C=CCOC1CC(C(C)C)N(C(C)C)C1. The van der Waals surface area contributed by atoms with Crippen LogP contribution in [0.15, 0.2) is 12.7 Å². The Balaban J connectivity index is 2.53. The summed E-state index contributed by atoms with van der Waals surface area (Å²) in [5.74, 6) is 0.713. The summed E-state index contributed by atoms with van der Waals surface area (Å²) >= 11 is 0. The molecule has 1 fully saturated rings. The molecule has 0 aliphatic carbocycles. The predicted molar refractivity (Wildman–Crippen MR) is 65.0 cm³/mol. The van der Waals surface area contributed by atoms with Crippen LogP contribution in [0.1, 0.15) is 34.1 Å². The average molecular weight is 211 g/mol. The maximum atomic E-state index is 5.75. The Morgan fingerprint density at radius 2 is 2.07 bits per heavy atom. The lowest BCUT2D eigenvalue weighted by Gasteiger charge is -2.30. The van der Waals surface area contributed by atoms with Gasteiger partial charge in [0.2, 0.25) is 0 Å². The van der Waals surface area contributed by atoms with Crippen molar-refractivity contribution in [2.75, 3.05) is 13.2 Å². The van der Waals surface area contributed by atoms with Crippen molar-refractivity contribution < 1.29 is 4.74 Å². The van der Waals surface area contributed by atoms with Gasteiger partial charge >= 0.3 is 0 Å². The van der Waals surface area contributed by atoms with Gasteiger partial charge in [0.1, 0.15) is 0 Å². The first-order chi connectivity index (χ1) is 7.06. The van der Waals surface area contributed by atoms with E-state index >= 15 is 0 Å². The molecule has 0 bridgehead atoms. The fourth-order valence-corrected chi connectivity index (χ4v) is 2.42. The zero-order valence-electron chi connectivity index (χ0n) is 10.6. The number of nitrogens with zero attached hydrogens (tertiary/aromatic N) is 1. The van der Waals surface area contributed by atoms with Gasteiger partial charge in [0, 0.05) is 18.6 Å². The second kappa shape index (κ2) is 5.66. The van der Waals surface area contributed by atoms with Gasteiger partial charge in [-0.1, -0.05) is 19.9 Å². The Morgan fingerprint density at radius 1 is 1.40 bits per heavy atom. The van der Waals surface area contributed by atoms with Crippen LogP contribution in [0.3, 0.4) is 0 Å². The molecule has 0 aromatic rings. The molecule has 1 aliphatic rings. The highest BCUT2D eigenvalue weighted by atomic mass is 16.5. The Morgan fingerprint density at radius 3 is 2.47 bits per heavy atom. The normalized spacial score (nSPS) is 27.9. The van der Waals surface area contributed by atoms with Crippen LogP contribution in [0.25, 0.3) is 0 Å². The maximum Gasteiger partial charge on any atom is 0.0721 e. The van der Waals surface area contributed by atoms with E-state index in [1.165, 1.54) is 6.42 Å². The lowest BCUT2D eigenvalue weighted by atomic mass is 10.0. The van der Waals surface area contributed by atoms with Crippen molar-refractivity contribution >= 4 is 0 Å². The van der Waals surface area contributed by atoms with E-state index in [0.717, 1.165) is 6.54 Å². The Kier molecular flexibility index (Phi) is 4.81. The topological polar surface area (TPSA) is 12.5 Å². The quantitative estimate of drug-likeness (QED) is 0.648. The highest BCUT2D eigenvalue weighted by molar-refractivity contribution is 4.90. The monoisotopic (exact) mass is 211 g/mol. The van der Waals surface area contributed by atoms with Gasteiger partial charge < -0.3 is 4.74 Å². The van der Waals surface area contributed by atoms with Crippen LogP contribution in [0, 0.1) is 5.92 Å². The fourth-order valence-electron chi connectivity index (χ4n) is 2.42. The Hall–Kier alpha value is -0.340. The molecule has 2 atom stereocenters. The third kappa shape index (κ3) is 3.32. The molecule has 1 heterocycles. The minimum atomic E-state index is 0.401. The van der Waals surface area contributed by atoms with Crippen LogP contribution >= 0.6 is 0 Å². The molecule has 15 heavy (non-hydrogen) atoms. The smallest absolute Gasteiger partial charge is 0.0721 e. The first kappa shape index (κ1) is 12.7. The van der Waals surface area contributed by atoms with Crippen LogP contribution in [0.4, 0.5) is 0 Å². The average Bonchev–Trinajstić information content (AvgIpc) is 2.58. The van der Waals surface area contributed by atoms with Crippen LogP contribution in [-0.2, 0) is 4.74 Å². The van der Waals surface area contributed by atoms with Crippen molar-refractivity contribution in [3.63, 3.8) is 0 Å². The first-order valence-corrected chi connectivity index (χ1v) is 6.04. The summed E-state index contributed by atoms with van der Waals surface area (Å²) in [6, 6.07) is 1.30. The van der Waals surface area contributed by atoms with Gasteiger partial charge in [0.25, 0.3) is 0 Å². The second-order valence-electron chi connectivity index (χ2n) is 5.08. The van der Waals surface area contributed by atoms with E-state index in [0.29, 0.717) is 30.7 Å². The van der Waals surface area contributed by atoms with Gasteiger partial charge in [0.15, 0.2) is 0 Å². The molecule has 0 N–H and O–H groups in total. The van der Waals surface area contributed by atoms with E-state index in [-0.39, 0.29) is 0 Å². The van der Waals surface area contributed by atoms with E-state index in [1.807, 2.05) is 6.08 Å². The first-order valence-electron chi connectivity index (χ1n) is 6.04. The van der Waals surface area contributed by atoms with Crippen LogP contribution in [0.5, 0.6) is 0 Å². The lowest BCUT2D eigenvalue weighted by Crippen LogP contribution is -2.38. The second-order valence-corrected chi connectivity index (χ2v) is 5.08. The minimum Gasteiger partial charge on any atom is -0.373 e. The van der Waals surface area contributed by atoms with Crippen molar-refractivity contribution in [2.45, 2.75) is 52.3 Å². The molecule has 2 unspecified atom stereocenters. The standard InChI is InChI=1S/C13H25NO/c1-6-7-15-12-8-13(10(2)3)14(9-12)11(4)5/h6,10-13H,1,7-9H2,2-5H3. The molecular weight excluding hydrogens is 186 g/mol. The van der Waals surface area contributed by atoms with Crippen molar-refractivity contribution in [1.82, 2.24) is 4.90 Å². The summed E-state index contributed by atoms with van der Waals surface area (Å²) in [6.07, 6.45) is 3.41. The minimum absolute atomic E-state index is 0.401. The fraction of sp³-hybridized carbons (Fsp3) is 0.846. The van der Waals surface area contributed by atoms with E-state index in [4.69, 9.17) is 4.74 Å². The van der Waals surface area contributed by atoms with E-state index in [2.05, 4.69) is 39.2 Å². The molecule has 2 heteroatoms. The number of likely N-dealkylation sites (tertiary alicyclic amines) is 1. The third-order valence-electron chi connectivity index (χ3n) is 3.23. The summed E-state index contributed by atoms with van der Waals surface area (Å²) in [7, 11) is 0. The summed E-state index contributed by atoms with van der Waals surface area (Å²) in [4.78, 5) is 2.57. The molecule has 1 aliphatic heterocycles. The lowest BCUT2D eigenvalue weighted by molar-refractivity contribution is 0.0768. The summed E-state index contributed by atoms with van der Waals surface area (Å²) in [5.41, 5.74) is 0. The van der Waals surface area contributed by atoms with Gasteiger partial charge in [-0.05, 0) is 26.2 Å². The maximum absolute atomic E-state index is 5.75. The van der Waals surface area contributed by atoms with Gasteiger partial charge in [-0.15, -0.1) is 6.58 Å². The molecule has 0 saturated carbocycles. The highest BCUT2D eigenvalue weighted by Gasteiger charge is 2.35. The molecule has 88 valence electrons. The third-order valence-corrected chi connectivity index (χ3v) is 3.23. The van der Waals surface area contributed by atoms with Crippen LogP contribution in [0.2, 0.25) is 0 Å². The van der Waals surface area contributed by atoms with Crippen molar-refractivity contribution in [3.8, 4) is 0 Å². The van der Waals surface area contributed by atoms with Gasteiger partial charge in [-0.3, -0.25) is 4.90 Å². The Labute approximate surface area is 94.3 Å². The molecule has 0 spiro atoms. The number of hydrogen-bond acceptors (Lipinski definition) is 2. The summed E-state index contributed by atoms with van der Waals surface area (Å²) < 4.78 is 5.75. The van der Waals surface area contributed by atoms with Gasteiger partial charge in [0.05, 0.1) is 12.7 Å². The number of ether oxygens (including phenoxy) is 1. The van der Waals surface area contributed by atoms with Crippen molar-refractivity contribution in [2.24, 2.45) is 5.92 Å². The predicted octanol–water partition coefficient (Wildman–Crippen LogP) is 2.70. The Bertz CT molecular complexity index is 185. The molecule has 0 aromatic heterocycles. The van der Waals surface area contributed by atoms with Gasteiger partial charge in [-0.2, -0.15) is 0 Å². The zero-order chi connectivity index (χ0) is 11.4. The summed E-state index contributed by atoms with van der Waals surface area (Å²) in [6.45, 7) is 14.6. The van der Waals surface area contributed by atoms with E-state index in [9.17, 15) is 0 Å². The molecule has 0 radical (unpaired) electrons.